The molecule has 0 aromatic carbocycles. The van der Waals surface area contributed by atoms with E-state index in [1.54, 1.807) is 0 Å². The van der Waals surface area contributed by atoms with Gasteiger partial charge in [0.15, 0.2) is 0 Å². The summed E-state index contributed by atoms with van der Waals surface area (Å²) in [7, 11) is 0. The summed E-state index contributed by atoms with van der Waals surface area (Å²) in [4.78, 5) is 3.37. The van der Waals surface area contributed by atoms with E-state index in [-0.39, 0.29) is 4.60 Å². The van der Waals surface area contributed by atoms with Crippen LogP contribution in [-0.4, -0.2) is 15.2 Å². The SMILES string of the molecule is FC(F)(F)c1cc2cn[nH]c2c(Br)n1. The highest BCUT2D eigenvalue weighted by atomic mass is 79.9. The highest BCUT2D eigenvalue weighted by Gasteiger charge is 2.33. The number of hydrogen-bond donors (Lipinski definition) is 1. The van der Waals surface area contributed by atoms with Crippen LogP contribution < -0.4 is 0 Å². The smallest absolute Gasteiger partial charge is 0.275 e. The zero-order chi connectivity index (χ0) is 10.3. The molecule has 7 heteroatoms. The Balaban J connectivity index is 2.70. The normalized spacial score (nSPS) is 12.3. The lowest BCUT2D eigenvalue weighted by Crippen LogP contribution is -2.07. The topological polar surface area (TPSA) is 41.6 Å². The van der Waals surface area contributed by atoms with Gasteiger partial charge >= 0.3 is 6.18 Å². The molecule has 14 heavy (non-hydrogen) atoms. The van der Waals surface area contributed by atoms with Crippen LogP contribution in [-0.2, 0) is 6.18 Å². The first kappa shape index (κ1) is 9.45. The number of aromatic nitrogens is 3. The number of rotatable bonds is 0. The molecule has 2 aromatic heterocycles. The Labute approximate surface area is 84.5 Å². The van der Waals surface area contributed by atoms with Gasteiger partial charge in [-0.1, -0.05) is 0 Å². The maximum absolute atomic E-state index is 12.3. The fourth-order valence-corrected chi connectivity index (χ4v) is 1.57. The average molecular weight is 266 g/mol. The molecule has 2 aromatic rings. The summed E-state index contributed by atoms with van der Waals surface area (Å²) in [5.41, 5.74) is -0.476. The number of alkyl halides is 3. The monoisotopic (exact) mass is 265 g/mol. The standard InChI is InChI=1S/C7H3BrF3N3/c8-6-5-3(2-12-14-5)1-4(13-6)7(9,10)11/h1-2H,(H,12,14). The van der Waals surface area contributed by atoms with E-state index in [4.69, 9.17) is 0 Å². The van der Waals surface area contributed by atoms with Crippen LogP contribution in [0, 0.1) is 0 Å². The largest absolute Gasteiger partial charge is 0.433 e. The first-order chi connectivity index (χ1) is 6.48. The molecular formula is C7H3BrF3N3. The Morgan fingerprint density at radius 3 is 2.71 bits per heavy atom. The molecule has 2 rings (SSSR count). The zero-order valence-electron chi connectivity index (χ0n) is 6.56. The minimum absolute atomic E-state index is 0.111. The van der Waals surface area contributed by atoms with Crippen molar-refractivity contribution in [3.8, 4) is 0 Å². The van der Waals surface area contributed by atoms with Crippen LogP contribution in [0.1, 0.15) is 5.69 Å². The molecule has 1 N–H and O–H groups in total. The molecule has 0 aliphatic rings. The van der Waals surface area contributed by atoms with Gasteiger partial charge in [-0.2, -0.15) is 18.3 Å². The highest BCUT2D eigenvalue weighted by Crippen LogP contribution is 2.31. The quantitative estimate of drug-likeness (QED) is 0.745. The van der Waals surface area contributed by atoms with E-state index in [1.165, 1.54) is 6.20 Å². The third kappa shape index (κ3) is 1.47. The number of nitrogens with one attached hydrogen (secondary N) is 1. The lowest BCUT2D eigenvalue weighted by molar-refractivity contribution is -0.141. The van der Waals surface area contributed by atoms with Gasteiger partial charge in [0.25, 0.3) is 0 Å². The van der Waals surface area contributed by atoms with Crippen molar-refractivity contribution >= 4 is 26.8 Å². The van der Waals surface area contributed by atoms with Crippen molar-refractivity contribution in [3.05, 3.63) is 22.6 Å². The minimum Gasteiger partial charge on any atom is -0.275 e. The first-order valence-electron chi connectivity index (χ1n) is 3.55. The Hall–Kier alpha value is -1.11. The summed E-state index contributed by atoms with van der Waals surface area (Å²) in [6.45, 7) is 0. The van der Waals surface area contributed by atoms with Crippen LogP contribution in [0.25, 0.3) is 10.9 Å². The number of aromatic amines is 1. The molecule has 74 valence electrons. The van der Waals surface area contributed by atoms with E-state index >= 15 is 0 Å². The molecule has 0 unspecified atom stereocenters. The molecule has 0 aliphatic heterocycles. The van der Waals surface area contributed by atoms with Gasteiger partial charge < -0.3 is 0 Å². The maximum Gasteiger partial charge on any atom is 0.433 e. The van der Waals surface area contributed by atoms with Crippen LogP contribution in [0.2, 0.25) is 0 Å². The van der Waals surface area contributed by atoms with E-state index in [9.17, 15) is 13.2 Å². The maximum atomic E-state index is 12.3. The van der Waals surface area contributed by atoms with E-state index in [2.05, 4.69) is 31.1 Å². The molecule has 0 amide bonds. The summed E-state index contributed by atoms with van der Waals surface area (Å²) in [6.07, 6.45) is -3.12. The lowest BCUT2D eigenvalue weighted by Gasteiger charge is -2.05. The molecule has 0 saturated carbocycles. The molecule has 2 heterocycles. The van der Waals surface area contributed by atoms with Crippen molar-refractivity contribution < 1.29 is 13.2 Å². The summed E-state index contributed by atoms with van der Waals surface area (Å²) >= 11 is 2.94. The van der Waals surface area contributed by atoms with Crippen LogP contribution in [0.3, 0.4) is 0 Å². The zero-order valence-corrected chi connectivity index (χ0v) is 8.15. The van der Waals surface area contributed by atoms with Crippen molar-refractivity contribution in [1.82, 2.24) is 15.2 Å². The number of nitrogens with zero attached hydrogens (tertiary/aromatic N) is 2. The van der Waals surface area contributed by atoms with Gasteiger partial charge in [-0.25, -0.2) is 4.98 Å². The molecule has 0 atom stereocenters. The van der Waals surface area contributed by atoms with Crippen LogP contribution in [0.5, 0.6) is 0 Å². The van der Waals surface area contributed by atoms with Crippen molar-refractivity contribution in [2.75, 3.05) is 0 Å². The van der Waals surface area contributed by atoms with Gasteiger partial charge in [0.2, 0.25) is 0 Å². The minimum atomic E-state index is -4.44. The van der Waals surface area contributed by atoms with E-state index < -0.39 is 11.9 Å². The second-order valence-electron chi connectivity index (χ2n) is 2.63. The number of hydrogen-bond acceptors (Lipinski definition) is 2. The van der Waals surface area contributed by atoms with Gasteiger partial charge in [-0.3, -0.25) is 5.10 Å². The summed E-state index contributed by atoms with van der Waals surface area (Å²) in [5.74, 6) is 0. The second-order valence-corrected chi connectivity index (χ2v) is 3.38. The van der Waals surface area contributed by atoms with Gasteiger partial charge in [-0.15, -0.1) is 0 Å². The molecule has 0 radical (unpaired) electrons. The summed E-state index contributed by atoms with van der Waals surface area (Å²) in [6, 6.07) is 0.948. The number of H-pyrrole nitrogens is 1. The van der Waals surface area contributed by atoms with Crippen LogP contribution >= 0.6 is 15.9 Å². The number of halogens is 4. The summed E-state index contributed by atoms with van der Waals surface area (Å²) in [5, 5.41) is 6.54. The Morgan fingerprint density at radius 2 is 2.07 bits per heavy atom. The van der Waals surface area contributed by atoms with Crippen molar-refractivity contribution in [1.29, 1.82) is 0 Å². The van der Waals surface area contributed by atoms with E-state index in [1.807, 2.05) is 0 Å². The van der Waals surface area contributed by atoms with Crippen LogP contribution in [0.4, 0.5) is 13.2 Å². The Morgan fingerprint density at radius 1 is 1.36 bits per heavy atom. The fourth-order valence-electron chi connectivity index (χ4n) is 1.06. The Bertz CT molecular complexity index is 476. The molecule has 0 fully saturated rings. The fraction of sp³-hybridized carbons (Fsp3) is 0.143. The third-order valence-electron chi connectivity index (χ3n) is 1.68. The van der Waals surface area contributed by atoms with E-state index in [0.29, 0.717) is 10.9 Å². The predicted octanol–water partition coefficient (Wildman–Crippen LogP) is 2.74. The van der Waals surface area contributed by atoms with Gasteiger partial charge in [0.05, 0.1) is 11.7 Å². The molecule has 0 saturated heterocycles. The predicted molar refractivity (Wildman–Crippen MR) is 46.6 cm³/mol. The van der Waals surface area contributed by atoms with Gasteiger partial charge in [0.1, 0.15) is 10.3 Å². The first-order valence-corrected chi connectivity index (χ1v) is 4.34. The third-order valence-corrected chi connectivity index (χ3v) is 2.25. The van der Waals surface area contributed by atoms with E-state index in [0.717, 1.165) is 6.07 Å². The molecular weight excluding hydrogens is 263 g/mol. The van der Waals surface area contributed by atoms with Crippen molar-refractivity contribution in [3.63, 3.8) is 0 Å². The van der Waals surface area contributed by atoms with Gasteiger partial charge in [-0.05, 0) is 22.0 Å². The van der Waals surface area contributed by atoms with Crippen molar-refractivity contribution in [2.24, 2.45) is 0 Å². The lowest BCUT2D eigenvalue weighted by atomic mass is 10.2. The molecule has 0 bridgehead atoms. The van der Waals surface area contributed by atoms with Crippen molar-refractivity contribution in [2.45, 2.75) is 6.18 Å². The molecule has 0 spiro atoms. The van der Waals surface area contributed by atoms with Gasteiger partial charge in [0, 0.05) is 5.39 Å². The average Bonchev–Trinajstić information content (AvgIpc) is 2.50. The summed E-state index contributed by atoms with van der Waals surface area (Å²) < 4.78 is 37.0. The number of fused-ring (bicyclic) bond motifs is 1. The molecule has 3 nitrogen and oxygen atoms in total. The highest BCUT2D eigenvalue weighted by molar-refractivity contribution is 9.10. The Kier molecular flexibility index (Phi) is 1.99. The van der Waals surface area contributed by atoms with Crippen LogP contribution in [0.15, 0.2) is 16.9 Å². The molecule has 0 aliphatic carbocycles. The second kappa shape index (κ2) is 2.94. The number of pyridine rings is 1.